The molecule has 4 nitrogen and oxygen atoms in total. The molecule has 0 unspecified atom stereocenters. The van der Waals surface area contributed by atoms with Crippen LogP contribution in [0.5, 0.6) is 11.5 Å². The lowest BCUT2D eigenvalue weighted by molar-refractivity contribution is 0.215. The maximum absolute atomic E-state index is 12.9. The predicted octanol–water partition coefficient (Wildman–Crippen LogP) is 0.970. The monoisotopic (exact) mass is 212 g/mol. The molecule has 2 rings (SSSR count). The van der Waals surface area contributed by atoms with Crippen LogP contribution in [0.25, 0.3) is 0 Å². The van der Waals surface area contributed by atoms with Crippen molar-refractivity contribution in [2.45, 2.75) is 12.5 Å². The van der Waals surface area contributed by atoms with E-state index in [1.165, 1.54) is 19.4 Å². The minimum Gasteiger partial charge on any atom is -0.492 e. The molecular weight excluding hydrogens is 199 g/mol. The first-order chi connectivity index (χ1) is 7.29. The molecule has 1 saturated heterocycles. The summed E-state index contributed by atoms with van der Waals surface area (Å²) >= 11 is 0. The van der Waals surface area contributed by atoms with Gasteiger partial charge < -0.3 is 14.8 Å². The maximum Gasteiger partial charge on any atom is 0.255 e. The average Bonchev–Trinajstić information content (AvgIpc) is 2.18. The van der Waals surface area contributed by atoms with Gasteiger partial charge in [-0.05, 0) is 13.0 Å². The van der Waals surface area contributed by atoms with Gasteiger partial charge in [0.2, 0.25) is 0 Å². The maximum atomic E-state index is 12.9. The molecule has 0 aromatic carbocycles. The summed E-state index contributed by atoms with van der Waals surface area (Å²) in [4.78, 5) is 3.53. The third-order valence-corrected chi connectivity index (χ3v) is 2.38. The zero-order valence-electron chi connectivity index (χ0n) is 8.50. The molecule has 1 N–H and O–H groups in total. The number of nitrogens with zero attached hydrogens (tertiary/aromatic N) is 1. The Labute approximate surface area is 87.4 Å². The van der Waals surface area contributed by atoms with Crippen molar-refractivity contribution in [1.29, 1.82) is 0 Å². The molecule has 0 spiro atoms. The van der Waals surface area contributed by atoms with Crippen LogP contribution in [0.3, 0.4) is 0 Å². The number of ether oxygens (including phenoxy) is 2. The third-order valence-electron chi connectivity index (χ3n) is 2.38. The molecule has 15 heavy (non-hydrogen) atoms. The van der Waals surface area contributed by atoms with Crippen molar-refractivity contribution >= 4 is 0 Å². The van der Waals surface area contributed by atoms with E-state index in [-0.39, 0.29) is 5.75 Å². The van der Waals surface area contributed by atoms with Crippen molar-refractivity contribution < 1.29 is 13.9 Å². The van der Waals surface area contributed by atoms with Crippen LogP contribution in [0.2, 0.25) is 0 Å². The van der Waals surface area contributed by atoms with Gasteiger partial charge in [-0.25, -0.2) is 4.98 Å². The standard InChI is InChI=1S/C10H13FN2O2/c1-14-9-4-8(5-13-10(9)11)15-6-7-2-3-12-7/h4-5,7,12H,2-3,6H2,1H3/t7-/m1/s1. The van der Waals surface area contributed by atoms with Crippen molar-refractivity contribution in [3.05, 3.63) is 18.2 Å². The van der Waals surface area contributed by atoms with Gasteiger partial charge >= 0.3 is 0 Å². The van der Waals surface area contributed by atoms with Crippen LogP contribution < -0.4 is 14.8 Å². The summed E-state index contributed by atoms with van der Waals surface area (Å²) in [6.07, 6.45) is 2.47. The highest BCUT2D eigenvalue weighted by molar-refractivity contribution is 5.29. The Morgan fingerprint density at radius 3 is 3.07 bits per heavy atom. The van der Waals surface area contributed by atoms with E-state index in [1.54, 1.807) is 0 Å². The second-order valence-corrected chi connectivity index (χ2v) is 3.41. The zero-order chi connectivity index (χ0) is 10.7. The topological polar surface area (TPSA) is 43.4 Å². The Hall–Kier alpha value is -1.36. The van der Waals surface area contributed by atoms with Crippen LogP contribution in [0, 0.1) is 5.95 Å². The van der Waals surface area contributed by atoms with Crippen molar-refractivity contribution in [3.63, 3.8) is 0 Å². The molecule has 2 heterocycles. The van der Waals surface area contributed by atoms with E-state index in [0.717, 1.165) is 13.0 Å². The van der Waals surface area contributed by atoms with E-state index >= 15 is 0 Å². The van der Waals surface area contributed by atoms with Crippen LogP contribution in [0.4, 0.5) is 4.39 Å². The summed E-state index contributed by atoms with van der Waals surface area (Å²) in [6, 6.07) is 1.90. The molecule has 5 heteroatoms. The molecule has 1 aliphatic heterocycles. The van der Waals surface area contributed by atoms with Crippen LogP contribution >= 0.6 is 0 Å². The number of pyridine rings is 1. The van der Waals surface area contributed by atoms with Gasteiger partial charge in [0.1, 0.15) is 12.4 Å². The van der Waals surface area contributed by atoms with Crippen LogP contribution in [-0.4, -0.2) is 31.3 Å². The van der Waals surface area contributed by atoms with Crippen molar-refractivity contribution in [3.8, 4) is 11.5 Å². The molecule has 1 fully saturated rings. The van der Waals surface area contributed by atoms with Crippen molar-refractivity contribution in [2.24, 2.45) is 0 Å². The quantitative estimate of drug-likeness (QED) is 0.755. The van der Waals surface area contributed by atoms with E-state index in [0.29, 0.717) is 18.4 Å². The highest BCUT2D eigenvalue weighted by Crippen LogP contribution is 2.21. The van der Waals surface area contributed by atoms with Gasteiger partial charge in [-0.1, -0.05) is 0 Å². The minimum atomic E-state index is -0.619. The number of halogens is 1. The van der Waals surface area contributed by atoms with Gasteiger partial charge in [0.15, 0.2) is 5.75 Å². The largest absolute Gasteiger partial charge is 0.492 e. The minimum absolute atomic E-state index is 0.106. The molecule has 1 aromatic heterocycles. The number of hydrogen-bond acceptors (Lipinski definition) is 4. The van der Waals surface area contributed by atoms with Crippen molar-refractivity contribution in [1.82, 2.24) is 10.3 Å². The van der Waals surface area contributed by atoms with Crippen LogP contribution in [0.15, 0.2) is 12.3 Å². The predicted molar refractivity (Wildman–Crippen MR) is 52.6 cm³/mol. The number of hydrogen-bond donors (Lipinski definition) is 1. The lowest BCUT2D eigenvalue weighted by Crippen LogP contribution is -2.46. The molecule has 0 saturated carbocycles. The Kier molecular flexibility index (Phi) is 3.01. The fourth-order valence-corrected chi connectivity index (χ4v) is 1.32. The van der Waals surface area contributed by atoms with E-state index in [9.17, 15) is 4.39 Å². The van der Waals surface area contributed by atoms with Gasteiger partial charge in [0, 0.05) is 12.1 Å². The average molecular weight is 212 g/mol. The summed E-state index contributed by atoms with van der Waals surface area (Å²) < 4.78 is 23.2. The normalized spacial score (nSPS) is 19.5. The van der Waals surface area contributed by atoms with E-state index < -0.39 is 5.95 Å². The number of nitrogens with one attached hydrogen (secondary N) is 1. The number of rotatable bonds is 4. The first-order valence-corrected chi connectivity index (χ1v) is 4.85. The summed E-state index contributed by atoms with van der Waals surface area (Å²) in [5.74, 6) is 0.0163. The third kappa shape index (κ3) is 2.36. The summed E-state index contributed by atoms with van der Waals surface area (Å²) in [5, 5.41) is 3.20. The second kappa shape index (κ2) is 4.44. The Morgan fingerprint density at radius 1 is 1.67 bits per heavy atom. The molecule has 82 valence electrons. The first kappa shape index (κ1) is 10.2. The highest BCUT2D eigenvalue weighted by Gasteiger charge is 2.17. The first-order valence-electron chi connectivity index (χ1n) is 4.85. The highest BCUT2D eigenvalue weighted by atomic mass is 19.1. The lowest BCUT2D eigenvalue weighted by atomic mass is 10.1. The number of methoxy groups -OCH3 is 1. The number of aromatic nitrogens is 1. The van der Waals surface area contributed by atoms with E-state index in [4.69, 9.17) is 9.47 Å². The molecule has 1 atom stereocenters. The van der Waals surface area contributed by atoms with Gasteiger partial charge in [0.05, 0.1) is 13.3 Å². The zero-order valence-corrected chi connectivity index (χ0v) is 8.50. The molecular formula is C10H13FN2O2. The smallest absolute Gasteiger partial charge is 0.255 e. The van der Waals surface area contributed by atoms with Gasteiger partial charge in [-0.15, -0.1) is 0 Å². The van der Waals surface area contributed by atoms with Crippen LogP contribution in [0.1, 0.15) is 6.42 Å². The van der Waals surface area contributed by atoms with E-state index in [1.807, 2.05) is 0 Å². The fraction of sp³-hybridized carbons (Fsp3) is 0.500. The summed E-state index contributed by atoms with van der Waals surface area (Å²) in [5.41, 5.74) is 0. The molecule has 1 aliphatic rings. The Morgan fingerprint density at radius 2 is 2.47 bits per heavy atom. The van der Waals surface area contributed by atoms with Gasteiger partial charge in [0.25, 0.3) is 5.95 Å². The summed E-state index contributed by atoms with van der Waals surface area (Å²) in [6.45, 7) is 1.62. The van der Waals surface area contributed by atoms with Gasteiger partial charge in [-0.3, -0.25) is 0 Å². The van der Waals surface area contributed by atoms with Crippen LogP contribution in [-0.2, 0) is 0 Å². The second-order valence-electron chi connectivity index (χ2n) is 3.41. The molecule has 1 aromatic rings. The Bertz CT molecular complexity index is 342. The fourth-order valence-electron chi connectivity index (χ4n) is 1.32. The summed E-state index contributed by atoms with van der Waals surface area (Å²) in [7, 11) is 1.40. The Balaban J connectivity index is 1.95. The van der Waals surface area contributed by atoms with Crippen molar-refractivity contribution in [2.75, 3.05) is 20.3 Å². The molecule has 0 aliphatic carbocycles. The molecule has 0 amide bonds. The molecule has 0 bridgehead atoms. The van der Waals surface area contributed by atoms with Gasteiger partial charge in [-0.2, -0.15) is 4.39 Å². The van der Waals surface area contributed by atoms with E-state index in [2.05, 4.69) is 10.3 Å². The lowest BCUT2D eigenvalue weighted by Gasteiger charge is -2.27. The SMILES string of the molecule is COc1cc(OC[C@H]2CCN2)cnc1F. The molecule has 0 radical (unpaired) electrons.